The van der Waals surface area contributed by atoms with Crippen LogP contribution in [0, 0.1) is 0 Å². The van der Waals surface area contributed by atoms with E-state index in [1.54, 1.807) is 0 Å². The van der Waals surface area contributed by atoms with Crippen molar-refractivity contribution in [2.24, 2.45) is 0 Å². The van der Waals surface area contributed by atoms with Crippen molar-refractivity contribution in [3.05, 3.63) is 22.6 Å². The quantitative estimate of drug-likeness (QED) is 0.783. The summed E-state index contributed by atoms with van der Waals surface area (Å²) in [5, 5.41) is 0. The zero-order chi connectivity index (χ0) is 13.0. The molecule has 18 heavy (non-hydrogen) atoms. The van der Waals surface area contributed by atoms with Gasteiger partial charge in [0.05, 0.1) is 20.2 Å². The summed E-state index contributed by atoms with van der Waals surface area (Å²) in [6.07, 6.45) is 4.78. The van der Waals surface area contributed by atoms with E-state index in [1.807, 2.05) is 12.1 Å². The highest BCUT2D eigenvalue weighted by Gasteiger charge is 2.25. The minimum Gasteiger partial charge on any atom is -0.468 e. The Kier molecular flexibility index (Phi) is 4.83. The van der Waals surface area contributed by atoms with Crippen LogP contribution in [0.1, 0.15) is 31.4 Å². The normalized spacial score (nSPS) is 16.4. The number of hydrogen-bond acceptors (Lipinski definition) is 4. The van der Waals surface area contributed by atoms with E-state index in [9.17, 15) is 4.79 Å². The van der Waals surface area contributed by atoms with Crippen LogP contribution in [0.3, 0.4) is 0 Å². The lowest BCUT2D eigenvalue weighted by Gasteiger charge is -2.26. The van der Waals surface area contributed by atoms with E-state index in [1.165, 1.54) is 20.0 Å². The summed E-state index contributed by atoms with van der Waals surface area (Å²) in [6.45, 7) is 0.991. The van der Waals surface area contributed by atoms with Gasteiger partial charge in [-0.25, -0.2) is 0 Å². The molecule has 1 fully saturated rings. The van der Waals surface area contributed by atoms with Crippen LogP contribution in [-0.2, 0) is 16.1 Å². The molecule has 2 rings (SSSR count). The Labute approximate surface area is 115 Å². The minimum atomic E-state index is -0.187. The van der Waals surface area contributed by atoms with Crippen LogP contribution in [0.4, 0.5) is 0 Å². The number of carbonyl (C=O) groups is 1. The van der Waals surface area contributed by atoms with Crippen molar-refractivity contribution in [2.45, 2.75) is 38.3 Å². The Morgan fingerprint density at radius 1 is 1.50 bits per heavy atom. The number of hydrogen-bond donors (Lipinski definition) is 0. The summed E-state index contributed by atoms with van der Waals surface area (Å²) in [7, 11) is 1.43. The van der Waals surface area contributed by atoms with E-state index in [0.717, 1.165) is 23.3 Å². The third kappa shape index (κ3) is 3.59. The molecule has 5 heteroatoms. The van der Waals surface area contributed by atoms with Crippen LogP contribution >= 0.6 is 15.9 Å². The molecule has 0 bridgehead atoms. The molecule has 1 saturated carbocycles. The lowest BCUT2D eigenvalue weighted by Crippen LogP contribution is -2.37. The van der Waals surface area contributed by atoms with Gasteiger partial charge in [0.25, 0.3) is 0 Å². The molecule has 0 spiro atoms. The average molecular weight is 316 g/mol. The zero-order valence-corrected chi connectivity index (χ0v) is 12.1. The van der Waals surface area contributed by atoms with Gasteiger partial charge in [-0.05, 0) is 40.9 Å². The van der Waals surface area contributed by atoms with Crippen molar-refractivity contribution in [1.29, 1.82) is 0 Å². The Morgan fingerprint density at radius 2 is 2.22 bits per heavy atom. The van der Waals surface area contributed by atoms with Crippen molar-refractivity contribution in [1.82, 2.24) is 4.90 Å². The number of halogens is 1. The molecule has 4 nitrogen and oxygen atoms in total. The Morgan fingerprint density at radius 3 is 2.78 bits per heavy atom. The highest BCUT2D eigenvalue weighted by molar-refractivity contribution is 9.10. The first kappa shape index (κ1) is 13.6. The molecule has 0 saturated heterocycles. The van der Waals surface area contributed by atoms with Crippen LogP contribution < -0.4 is 0 Å². The Hall–Kier alpha value is -0.810. The summed E-state index contributed by atoms with van der Waals surface area (Å²) in [6, 6.07) is 4.27. The molecule has 1 aromatic rings. The first-order valence-electron chi connectivity index (χ1n) is 6.24. The van der Waals surface area contributed by atoms with Crippen LogP contribution in [0.5, 0.6) is 0 Å². The largest absolute Gasteiger partial charge is 0.468 e. The summed E-state index contributed by atoms with van der Waals surface area (Å²) in [5.74, 6) is 0.685. The van der Waals surface area contributed by atoms with Crippen molar-refractivity contribution in [2.75, 3.05) is 13.7 Å². The lowest BCUT2D eigenvalue weighted by atomic mass is 10.2. The van der Waals surface area contributed by atoms with Gasteiger partial charge < -0.3 is 9.15 Å². The maximum absolute atomic E-state index is 11.5. The van der Waals surface area contributed by atoms with E-state index < -0.39 is 0 Å². The summed E-state index contributed by atoms with van der Waals surface area (Å²) >= 11 is 3.29. The first-order chi connectivity index (χ1) is 8.69. The lowest BCUT2D eigenvalue weighted by molar-refractivity contribution is -0.142. The van der Waals surface area contributed by atoms with Crippen LogP contribution in [0.2, 0.25) is 0 Å². The monoisotopic (exact) mass is 315 g/mol. The first-order valence-corrected chi connectivity index (χ1v) is 7.03. The number of rotatable bonds is 5. The fraction of sp³-hybridized carbons (Fsp3) is 0.615. The highest BCUT2D eigenvalue weighted by atomic mass is 79.9. The maximum atomic E-state index is 11.5. The van der Waals surface area contributed by atoms with E-state index in [2.05, 4.69) is 20.8 Å². The standard InChI is InChI=1S/C13H18BrNO3/c1-17-13(16)9-15(10-4-2-3-5-10)8-11-6-7-12(14)18-11/h6-7,10H,2-5,8-9H2,1H3. The molecule has 1 heterocycles. The van der Waals surface area contributed by atoms with Gasteiger partial charge in [-0.3, -0.25) is 9.69 Å². The molecule has 1 aliphatic carbocycles. The number of nitrogens with zero attached hydrogens (tertiary/aromatic N) is 1. The van der Waals surface area contributed by atoms with Gasteiger partial charge in [0.1, 0.15) is 5.76 Å². The molecule has 0 amide bonds. The smallest absolute Gasteiger partial charge is 0.319 e. The molecule has 0 aromatic carbocycles. The van der Waals surface area contributed by atoms with Crippen molar-refractivity contribution in [3.63, 3.8) is 0 Å². The molecule has 1 aliphatic rings. The second-order valence-electron chi connectivity index (χ2n) is 4.63. The third-order valence-electron chi connectivity index (χ3n) is 3.39. The predicted molar refractivity (Wildman–Crippen MR) is 71.1 cm³/mol. The fourth-order valence-electron chi connectivity index (χ4n) is 2.45. The van der Waals surface area contributed by atoms with E-state index in [0.29, 0.717) is 19.1 Å². The maximum Gasteiger partial charge on any atom is 0.319 e. The van der Waals surface area contributed by atoms with Gasteiger partial charge in [-0.1, -0.05) is 12.8 Å². The number of esters is 1. The van der Waals surface area contributed by atoms with Gasteiger partial charge in [-0.2, -0.15) is 0 Å². The molecule has 100 valence electrons. The average Bonchev–Trinajstić information content (AvgIpc) is 2.99. The minimum absolute atomic E-state index is 0.187. The molecule has 0 radical (unpaired) electrons. The summed E-state index contributed by atoms with van der Waals surface area (Å²) in [4.78, 5) is 13.6. The van der Waals surface area contributed by atoms with Gasteiger partial charge in [0, 0.05) is 6.04 Å². The fourth-order valence-corrected chi connectivity index (χ4v) is 2.79. The van der Waals surface area contributed by atoms with E-state index in [4.69, 9.17) is 9.15 Å². The second-order valence-corrected chi connectivity index (χ2v) is 5.41. The number of methoxy groups -OCH3 is 1. The van der Waals surface area contributed by atoms with Crippen LogP contribution in [0.25, 0.3) is 0 Å². The molecule has 0 atom stereocenters. The molecule has 1 aromatic heterocycles. The summed E-state index contributed by atoms with van der Waals surface area (Å²) in [5.41, 5.74) is 0. The van der Waals surface area contributed by atoms with Gasteiger partial charge >= 0.3 is 5.97 Å². The Balaban J connectivity index is 2.01. The van der Waals surface area contributed by atoms with Gasteiger partial charge in [0.15, 0.2) is 4.67 Å². The van der Waals surface area contributed by atoms with Crippen LogP contribution in [-0.4, -0.2) is 30.6 Å². The SMILES string of the molecule is COC(=O)CN(Cc1ccc(Br)o1)C1CCCC1. The number of carbonyl (C=O) groups excluding carboxylic acids is 1. The van der Waals surface area contributed by atoms with E-state index >= 15 is 0 Å². The number of furan rings is 1. The number of ether oxygens (including phenoxy) is 1. The highest BCUT2D eigenvalue weighted by Crippen LogP contribution is 2.25. The molecular weight excluding hydrogens is 298 g/mol. The van der Waals surface area contributed by atoms with Crippen molar-refractivity contribution in [3.8, 4) is 0 Å². The topological polar surface area (TPSA) is 42.7 Å². The van der Waals surface area contributed by atoms with Crippen molar-refractivity contribution < 1.29 is 13.9 Å². The Bertz CT molecular complexity index is 399. The zero-order valence-electron chi connectivity index (χ0n) is 10.5. The summed E-state index contributed by atoms with van der Waals surface area (Å²) < 4.78 is 11.0. The third-order valence-corrected chi connectivity index (χ3v) is 3.81. The van der Waals surface area contributed by atoms with Crippen molar-refractivity contribution >= 4 is 21.9 Å². The predicted octanol–water partition coefficient (Wildman–Crippen LogP) is 2.96. The molecular formula is C13H18BrNO3. The molecule has 0 N–H and O–H groups in total. The van der Waals surface area contributed by atoms with Crippen LogP contribution in [0.15, 0.2) is 21.2 Å². The molecule has 0 aliphatic heterocycles. The van der Waals surface area contributed by atoms with Gasteiger partial charge in [-0.15, -0.1) is 0 Å². The second kappa shape index (κ2) is 6.38. The molecule has 0 unspecified atom stereocenters. The van der Waals surface area contributed by atoms with E-state index in [-0.39, 0.29) is 5.97 Å². The van der Waals surface area contributed by atoms with Gasteiger partial charge in [0.2, 0.25) is 0 Å².